The van der Waals surface area contributed by atoms with Gasteiger partial charge < -0.3 is 10.2 Å². The second-order valence-electron chi connectivity index (χ2n) is 17.7. The normalized spacial score (nSPS) is 15.5. The van der Waals surface area contributed by atoms with Crippen molar-refractivity contribution in [1.82, 2.24) is 4.90 Å². The summed E-state index contributed by atoms with van der Waals surface area (Å²) in [7, 11) is 2.18. The SMILES string of the molecule is CN(Cc1cc2ccccc2c(-c2c(-c3ccccc3)ccc3ccccc23)c1O)[C@H]1CCCC[C@@H]1N=Cc1cc2ccccc2c(-c2c(-c3ccccc3)ccc3ccccc23)c1O. The predicted octanol–water partition coefficient (Wildman–Crippen LogP) is 15.2. The van der Waals surface area contributed by atoms with E-state index in [4.69, 9.17) is 4.99 Å². The van der Waals surface area contributed by atoms with E-state index in [9.17, 15) is 10.2 Å². The minimum Gasteiger partial charge on any atom is -0.507 e. The van der Waals surface area contributed by atoms with Gasteiger partial charge in [0.15, 0.2) is 0 Å². The van der Waals surface area contributed by atoms with Crippen molar-refractivity contribution >= 4 is 49.3 Å². The summed E-state index contributed by atoms with van der Waals surface area (Å²) in [4.78, 5) is 7.76. The Morgan fingerprint density at radius 2 is 0.923 bits per heavy atom. The molecule has 0 spiro atoms. The van der Waals surface area contributed by atoms with Gasteiger partial charge in [-0.3, -0.25) is 9.89 Å². The zero-order chi connectivity index (χ0) is 43.9. The van der Waals surface area contributed by atoms with Gasteiger partial charge in [0, 0.05) is 52.2 Å². The Balaban J connectivity index is 0.986. The molecular weight excluding hydrogens is 793 g/mol. The fourth-order valence-corrected chi connectivity index (χ4v) is 10.6. The van der Waals surface area contributed by atoms with Crippen molar-refractivity contribution < 1.29 is 10.2 Å². The smallest absolute Gasteiger partial charge is 0.132 e. The molecule has 4 heteroatoms. The van der Waals surface area contributed by atoms with Gasteiger partial charge in [-0.05, 0) is 97.4 Å². The molecule has 0 unspecified atom stereocenters. The molecule has 10 aromatic carbocycles. The molecule has 0 aliphatic heterocycles. The number of fused-ring (bicyclic) bond motifs is 4. The molecule has 2 atom stereocenters. The van der Waals surface area contributed by atoms with Crippen molar-refractivity contribution in [3.05, 3.63) is 205 Å². The number of rotatable bonds is 9. The van der Waals surface area contributed by atoms with Crippen LogP contribution >= 0.6 is 0 Å². The molecule has 0 radical (unpaired) electrons. The monoisotopic (exact) mass is 842 g/mol. The summed E-state index contributed by atoms with van der Waals surface area (Å²) >= 11 is 0. The number of aliphatic imine (C=N–C) groups is 1. The first kappa shape index (κ1) is 40.3. The molecular formula is C61H50N2O2. The largest absolute Gasteiger partial charge is 0.507 e. The third-order valence-electron chi connectivity index (χ3n) is 13.8. The number of phenols is 2. The van der Waals surface area contributed by atoms with Crippen LogP contribution in [0.25, 0.3) is 87.6 Å². The number of nitrogens with zero attached hydrogens (tertiary/aromatic N) is 2. The first-order valence-corrected chi connectivity index (χ1v) is 22.9. The van der Waals surface area contributed by atoms with Crippen molar-refractivity contribution in [2.75, 3.05) is 7.05 Å². The van der Waals surface area contributed by atoms with E-state index in [1.165, 1.54) is 0 Å². The Kier molecular flexibility index (Phi) is 10.7. The highest BCUT2D eigenvalue weighted by molar-refractivity contribution is 6.15. The lowest BCUT2D eigenvalue weighted by atomic mass is 9.85. The lowest BCUT2D eigenvalue weighted by Gasteiger charge is -2.36. The molecule has 4 nitrogen and oxygen atoms in total. The van der Waals surface area contributed by atoms with Gasteiger partial charge in [0.2, 0.25) is 0 Å². The van der Waals surface area contributed by atoms with Crippen molar-refractivity contribution in [3.8, 4) is 56.0 Å². The number of phenolic OH excluding ortho intramolecular Hbond substituents is 2. The van der Waals surface area contributed by atoms with Crippen molar-refractivity contribution in [3.63, 3.8) is 0 Å². The van der Waals surface area contributed by atoms with Gasteiger partial charge in [0.05, 0.1) is 6.04 Å². The van der Waals surface area contributed by atoms with E-state index in [2.05, 4.69) is 194 Å². The topological polar surface area (TPSA) is 56.1 Å². The third-order valence-corrected chi connectivity index (χ3v) is 13.8. The molecule has 0 saturated heterocycles. The Morgan fingerprint density at radius 3 is 1.48 bits per heavy atom. The quantitative estimate of drug-likeness (QED) is 0.142. The van der Waals surface area contributed by atoms with Crippen LogP contribution in [0.3, 0.4) is 0 Å². The molecule has 0 aromatic heterocycles. The molecule has 0 amide bonds. The molecule has 0 bridgehead atoms. The van der Waals surface area contributed by atoms with Gasteiger partial charge in [-0.1, -0.05) is 195 Å². The second kappa shape index (κ2) is 17.2. The first-order valence-electron chi connectivity index (χ1n) is 22.9. The molecule has 2 N–H and O–H groups in total. The maximum Gasteiger partial charge on any atom is 0.132 e. The van der Waals surface area contributed by atoms with E-state index in [-0.39, 0.29) is 17.8 Å². The standard InChI is InChI=1S/C61H50N2O2/c1-63(39-47-37-45-25-11-15-29-51(45)59(61(47)65)57-49-27-13-9-23-43(49)33-35-53(57)41-20-6-3-7-21-41)55-31-17-16-30-54(55)62-38-46-36-44-24-10-14-28-50(44)58(60(46)64)56-48-26-12-8-22-42(48)32-34-52(56)40-18-4-2-5-19-40/h2-15,18-29,32-38,54-55,64-65H,16-17,30-31,39H2,1H3/t54-,55-/m0/s1. The summed E-state index contributed by atoms with van der Waals surface area (Å²) in [5, 5.41) is 33.8. The van der Waals surface area contributed by atoms with E-state index in [0.717, 1.165) is 119 Å². The summed E-state index contributed by atoms with van der Waals surface area (Å²) in [6.07, 6.45) is 6.06. The molecule has 1 fully saturated rings. The number of hydrogen-bond donors (Lipinski definition) is 2. The van der Waals surface area contributed by atoms with Gasteiger partial charge in [-0.2, -0.15) is 0 Å². The zero-order valence-electron chi connectivity index (χ0n) is 36.5. The summed E-state index contributed by atoms with van der Waals surface area (Å²) < 4.78 is 0. The van der Waals surface area contributed by atoms with E-state index < -0.39 is 0 Å². The Morgan fingerprint density at radius 1 is 0.477 bits per heavy atom. The number of benzene rings is 10. The number of likely N-dealkylation sites (N-methyl/N-ethyl adjacent to an activating group) is 1. The molecule has 1 aliphatic carbocycles. The first-order chi connectivity index (χ1) is 32.0. The van der Waals surface area contributed by atoms with E-state index in [1.54, 1.807) is 0 Å². The lowest BCUT2D eigenvalue weighted by Crippen LogP contribution is -2.42. The molecule has 1 saturated carbocycles. The van der Waals surface area contributed by atoms with Gasteiger partial charge in [0.25, 0.3) is 0 Å². The Hall–Kier alpha value is -7.53. The predicted molar refractivity (Wildman–Crippen MR) is 273 cm³/mol. The molecule has 1 aliphatic rings. The highest BCUT2D eigenvalue weighted by Crippen LogP contribution is 2.49. The second-order valence-corrected chi connectivity index (χ2v) is 17.7. The van der Waals surface area contributed by atoms with Crippen molar-refractivity contribution in [1.29, 1.82) is 0 Å². The molecule has 65 heavy (non-hydrogen) atoms. The fraction of sp³-hybridized carbons (Fsp3) is 0.131. The fourth-order valence-electron chi connectivity index (χ4n) is 10.6. The average Bonchev–Trinajstić information content (AvgIpc) is 3.36. The number of hydrogen-bond acceptors (Lipinski definition) is 4. The van der Waals surface area contributed by atoms with Crippen LogP contribution in [0, 0.1) is 0 Å². The van der Waals surface area contributed by atoms with Crippen LogP contribution in [0.1, 0.15) is 36.8 Å². The Bertz CT molecular complexity index is 3410. The lowest BCUT2D eigenvalue weighted by molar-refractivity contribution is 0.162. The van der Waals surface area contributed by atoms with Crippen molar-refractivity contribution in [2.24, 2.45) is 4.99 Å². The van der Waals surface area contributed by atoms with E-state index in [0.29, 0.717) is 17.9 Å². The number of aromatic hydroxyl groups is 2. The van der Waals surface area contributed by atoms with Crippen LogP contribution in [-0.4, -0.2) is 40.5 Å². The summed E-state index contributed by atoms with van der Waals surface area (Å²) in [5.41, 5.74) is 9.72. The maximum atomic E-state index is 12.6. The minimum atomic E-state index is 0.00493. The van der Waals surface area contributed by atoms with Crippen molar-refractivity contribution in [2.45, 2.75) is 44.3 Å². The summed E-state index contributed by atoms with van der Waals surface area (Å²) in [6, 6.07) is 67.9. The molecule has 0 heterocycles. The van der Waals surface area contributed by atoms with Crippen LogP contribution < -0.4 is 0 Å². The van der Waals surface area contributed by atoms with Gasteiger partial charge in [0.1, 0.15) is 11.5 Å². The third kappa shape index (κ3) is 7.40. The summed E-state index contributed by atoms with van der Waals surface area (Å²) in [6.45, 7) is 0.556. The molecule has 10 aromatic rings. The summed E-state index contributed by atoms with van der Waals surface area (Å²) in [5.74, 6) is 0.551. The van der Waals surface area contributed by atoms with Gasteiger partial charge in [-0.25, -0.2) is 0 Å². The average molecular weight is 843 g/mol. The van der Waals surface area contributed by atoms with Crippen LogP contribution in [0.4, 0.5) is 0 Å². The van der Waals surface area contributed by atoms with E-state index >= 15 is 0 Å². The highest BCUT2D eigenvalue weighted by Gasteiger charge is 2.30. The van der Waals surface area contributed by atoms with Crippen LogP contribution in [0.5, 0.6) is 11.5 Å². The van der Waals surface area contributed by atoms with Gasteiger partial charge >= 0.3 is 0 Å². The minimum absolute atomic E-state index is 0.00493. The maximum absolute atomic E-state index is 12.6. The highest BCUT2D eigenvalue weighted by atomic mass is 16.3. The van der Waals surface area contributed by atoms with Crippen LogP contribution in [0.2, 0.25) is 0 Å². The van der Waals surface area contributed by atoms with Crippen LogP contribution in [-0.2, 0) is 6.54 Å². The zero-order valence-corrected chi connectivity index (χ0v) is 36.5. The van der Waals surface area contributed by atoms with Crippen LogP contribution in [0.15, 0.2) is 199 Å². The molecule has 11 rings (SSSR count). The molecule has 316 valence electrons. The van der Waals surface area contributed by atoms with E-state index in [1.807, 2.05) is 18.3 Å². The Labute approximate surface area is 380 Å². The van der Waals surface area contributed by atoms with Gasteiger partial charge in [-0.15, -0.1) is 0 Å².